The molecule has 0 fully saturated rings. The molecule has 1 rings (SSSR count). The van der Waals surface area contributed by atoms with Crippen molar-refractivity contribution in [2.45, 2.75) is 32.7 Å². The van der Waals surface area contributed by atoms with Gasteiger partial charge < -0.3 is 4.57 Å². The lowest BCUT2D eigenvalue weighted by molar-refractivity contribution is 0.639. The first-order valence-corrected chi connectivity index (χ1v) is 4.40. The van der Waals surface area contributed by atoms with Gasteiger partial charge in [-0.05, 0) is 13.3 Å². The number of aromatic nitrogens is 2. The van der Waals surface area contributed by atoms with Gasteiger partial charge in [-0.15, -0.1) is 24.0 Å². The highest BCUT2D eigenvalue weighted by Gasteiger charge is 2.02. The topological polar surface area (TPSA) is 17.8 Å². The van der Waals surface area contributed by atoms with E-state index in [1.165, 1.54) is 5.69 Å². The third-order valence-corrected chi connectivity index (χ3v) is 1.94. The molecule has 0 aliphatic heterocycles. The maximum Gasteiger partial charge on any atom is 0.123 e. The lowest BCUT2D eigenvalue weighted by atomic mass is 10.4. The van der Waals surface area contributed by atoms with E-state index in [4.69, 9.17) is 11.6 Å². The molecule has 0 spiro atoms. The first-order chi connectivity index (χ1) is 5.29. The number of aryl methyl sites for hydroxylation is 1. The highest BCUT2D eigenvalue weighted by molar-refractivity contribution is 6.16. The molecule has 0 aliphatic rings. The van der Waals surface area contributed by atoms with Gasteiger partial charge in [0.05, 0.1) is 5.88 Å². The number of rotatable bonds is 3. The predicted molar refractivity (Wildman–Crippen MR) is 54.1 cm³/mol. The zero-order valence-corrected chi connectivity index (χ0v) is 8.95. The Kier molecular flexibility index (Phi) is 5.34. The fourth-order valence-corrected chi connectivity index (χ4v) is 1.36. The van der Waals surface area contributed by atoms with E-state index in [-0.39, 0.29) is 12.4 Å². The Morgan fingerprint density at radius 2 is 2.25 bits per heavy atom. The fourth-order valence-electron chi connectivity index (χ4n) is 1.15. The van der Waals surface area contributed by atoms with E-state index in [1.807, 2.05) is 6.20 Å². The number of hydrogen-bond donors (Lipinski definition) is 0. The summed E-state index contributed by atoms with van der Waals surface area (Å²) in [6, 6.07) is 0. The van der Waals surface area contributed by atoms with Crippen LogP contribution in [-0.4, -0.2) is 9.55 Å². The van der Waals surface area contributed by atoms with E-state index in [1.54, 1.807) is 0 Å². The first-order valence-electron chi connectivity index (χ1n) is 3.86. The zero-order valence-electron chi connectivity index (χ0n) is 7.38. The number of imidazole rings is 1. The van der Waals surface area contributed by atoms with E-state index in [9.17, 15) is 0 Å². The van der Waals surface area contributed by atoms with Crippen LogP contribution in [0.2, 0.25) is 0 Å². The third-order valence-electron chi connectivity index (χ3n) is 1.70. The van der Waals surface area contributed by atoms with Gasteiger partial charge in [-0.2, -0.15) is 0 Å². The second-order valence-corrected chi connectivity index (χ2v) is 2.87. The van der Waals surface area contributed by atoms with Crippen LogP contribution in [-0.2, 0) is 12.4 Å². The van der Waals surface area contributed by atoms with Crippen LogP contribution in [0.25, 0.3) is 0 Å². The molecular formula is C8H14Cl2N2. The molecule has 0 bridgehead atoms. The molecule has 0 radical (unpaired) electrons. The molecule has 0 aliphatic carbocycles. The molecule has 4 heteroatoms. The Morgan fingerprint density at radius 3 is 2.75 bits per heavy atom. The average Bonchev–Trinajstić information content (AvgIpc) is 2.34. The van der Waals surface area contributed by atoms with E-state index >= 15 is 0 Å². The summed E-state index contributed by atoms with van der Waals surface area (Å²) in [7, 11) is 0. The largest absolute Gasteiger partial charge is 0.331 e. The summed E-state index contributed by atoms with van der Waals surface area (Å²) in [5, 5.41) is 0. The molecule has 0 amide bonds. The number of hydrogen-bond acceptors (Lipinski definition) is 1. The standard InChI is InChI=1S/C8H13ClN2.ClH/c1-3-4-11-7(2)6-10-8(11)5-9;/h6H,3-5H2,1-2H3;1H. The van der Waals surface area contributed by atoms with E-state index < -0.39 is 0 Å². The minimum absolute atomic E-state index is 0. The Labute approximate surface area is 84.4 Å². The summed E-state index contributed by atoms with van der Waals surface area (Å²) in [5.74, 6) is 1.49. The molecule has 2 nitrogen and oxygen atoms in total. The van der Waals surface area contributed by atoms with Gasteiger partial charge in [-0.25, -0.2) is 4.98 Å². The SMILES string of the molecule is CCCn1c(C)cnc1CCl.Cl. The maximum atomic E-state index is 5.70. The summed E-state index contributed by atoms with van der Waals surface area (Å²) >= 11 is 5.70. The summed E-state index contributed by atoms with van der Waals surface area (Å²) in [6.45, 7) is 5.23. The van der Waals surface area contributed by atoms with Gasteiger partial charge in [0, 0.05) is 18.4 Å². The minimum atomic E-state index is 0. The lowest BCUT2D eigenvalue weighted by Crippen LogP contribution is -2.03. The molecule has 0 saturated carbocycles. The van der Waals surface area contributed by atoms with Crippen molar-refractivity contribution in [2.24, 2.45) is 0 Å². The molecule has 1 heterocycles. The molecule has 0 N–H and O–H groups in total. The predicted octanol–water partition coefficient (Wildman–Crippen LogP) is 2.76. The first kappa shape index (κ1) is 11.8. The van der Waals surface area contributed by atoms with Crippen LogP contribution in [0.15, 0.2) is 6.20 Å². The van der Waals surface area contributed by atoms with Gasteiger partial charge in [-0.1, -0.05) is 6.92 Å². The van der Waals surface area contributed by atoms with Gasteiger partial charge in [0.15, 0.2) is 0 Å². The summed E-state index contributed by atoms with van der Waals surface area (Å²) in [5.41, 5.74) is 1.20. The van der Waals surface area contributed by atoms with Crippen LogP contribution in [0.3, 0.4) is 0 Å². The van der Waals surface area contributed by atoms with Gasteiger partial charge in [0.1, 0.15) is 5.82 Å². The van der Waals surface area contributed by atoms with Crippen molar-refractivity contribution in [3.8, 4) is 0 Å². The number of nitrogens with zero attached hydrogens (tertiary/aromatic N) is 2. The van der Waals surface area contributed by atoms with E-state index in [2.05, 4.69) is 23.4 Å². The van der Waals surface area contributed by atoms with Crippen molar-refractivity contribution in [1.29, 1.82) is 0 Å². The third kappa shape index (κ3) is 2.39. The van der Waals surface area contributed by atoms with Crippen molar-refractivity contribution < 1.29 is 0 Å². The fraction of sp³-hybridized carbons (Fsp3) is 0.625. The van der Waals surface area contributed by atoms with Gasteiger partial charge in [0.25, 0.3) is 0 Å². The smallest absolute Gasteiger partial charge is 0.123 e. The molecule has 0 unspecified atom stereocenters. The van der Waals surface area contributed by atoms with E-state index in [0.29, 0.717) is 5.88 Å². The molecule has 1 aromatic rings. The molecule has 12 heavy (non-hydrogen) atoms. The number of halogens is 2. The van der Waals surface area contributed by atoms with E-state index in [0.717, 1.165) is 18.8 Å². The Bertz CT molecular complexity index is 233. The number of alkyl halides is 1. The lowest BCUT2D eigenvalue weighted by Gasteiger charge is -2.05. The van der Waals surface area contributed by atoms with Crippen molar-refractivity contribution >= 4 is 24.0 Å². The van der Waals surface area contributed by atoms with Crippen molar-refractivity contribution in [3.63, 3.8) is 0 Å². The Hall–Kier alpha value is -0.210. The Morgan fingerprint density at radius 1 is 1.58 bits per heavy atom. The van der Waals surface area contributed by atoms with Crippen molar-refractivity contribution in [3.05, 3.63) is 17.7 Å². The quantitative estimate of drug-likeness (QED) is 0.700. The second-order valence-electron chi connectivity index (χ2n) is 2.60. The molecule has 0 aromatic carbocycles. The zero-order chi connectivity index (χ0) is 8.27. The van der Waals surface area contributed by atoms with Crippen LogP contribution < -0.4 is 0 Å². The van der Waals surface area contributed by atoms with Crippen LogP contribution >= 0.6 is 24.0 Å². The van der Waals surface area contributed by atoms with Gasteiger partial charge in [0.2, 0.25) is 0 Å². The van der Waals surface area contributed by atoms with Crippen LogP contribution in [0.4, 0.5) is 0 Å². The highest BCUT2D eigenvalue weighted by Crippen LogP contribution is 2.07. The monoisotopic (exact) mass is 208 g/mol. The Balaban J connectivity index is 0.00000121. The van der Waals surface area contributed by atoms with Gasteiger partial charge >= 0.3 is 0 Å². The second kappa shape index (κ2) is 5.44. The summed E-state index contributed by atoms with van der Waals surface area (Å²) in [6.07, 6.45) is 2.99. The van der Waals surface area contributed by atoms with Crippen molar-refractivity contribution in [1.82, 2.24) is 9.55 Å². The molecular weight excluding hydrogens is 195 g/mol. The van der Waals surface area contributed by atoms with Crippen LogP contribution in [0, 0.1) is 6.92 Å². The summed E-state index contributed by atoms with van der Waals surface area (Å²) in [4.78, 5) is 4.18. The molecule has 70 valence electrons. The molecule has 0 saturated heterocycles. The minimum Gasteiger partial charge on any atom is -0.331 e. The van der Waals surface area contributed by atoms with Crippen LogP contribution in [0.1, 0.15) is 24.9 Å². The molecule has 0 atom stereocenters. The van der Waals surface area contributed by atoms with Gasteiger partial charge in [-0.3, -0.25) is 0 Å². The molecule has 1 aromatic heterocycles. The normalized spacial score (nSPS) is 9.58. The highest BCUT2D eigenvalue weighted by atomic mass is 35.5. The van der Waals surface area contributed by atoms with Crippen molar-refractivity contribution in [2.75, 3.05) is 0 Å². The maximum absolute atomic E-state index is 5.70. The average molecular weight is 209 g/mol. The van der Waals surface area contributed by atoms with Crippen LogP contribution in [0.5, 0.6) is 0 Å². The summed E-state index contributed by atoms with van der Waals surface area (Å²) < 4.78 is 2.16.